The second-order valence-corrected chi connectivity index (χ2v) is 21.7. The highest BCUT2D eigenvalue weighted by molar-refractivity contribution is 5.76. The van der Waals surface area contributed by atoms with Gasteiger partial charge < -0.3 is 20.3 Å². The third-order valence-electron chi connectivity index (χ3n) is 14.7. The van der Waals surface area contributed by atoms with Gasteiger partial charge in [0.25, 0.3) is 0 Å². The van der Waals surface area contributed by atoms with Crippen molar-refractivity contribution in [1.29, 1.82) is 0 Å². The summed E-state index contributed by atoms with van der Waals surface area (Å²) in [5.74, 6) is -0.0819. The van der Waals surface area contributed by atoms with Crippen LogP contribution in [-0.2, 0) is 14.3 Å². The van der Waals surface area contributed by atoms with Crippen LogP contribution in [0.5, 0.6) is 0 Å². The Morgan fingerprint density at radius 2 is 0.671 bits per heavy atom. The van der Waals surface area contributed by atoms with Crippen molar-refractivity contribution in [2.24, 2.45) is 0 Å². The van der Waals surface area contributed by atoms with Gasteiger partial charge in [-0.15, -0.1) is 0 Å². The topological polar surface area (TPSA) is 95.9 Å². The van der Waals surface area contributed by atoms with Crippen molar-refractivity contribution in [2.75, 3.05) is 13.2 Å². The Kier molecular flexibility index (Phi) is 58.5. The summed E-state index contributed by atoms with van der Waals surface area (Å²) in [5.41, 5.74) is 0. The quantitative estimate of drug-likeness (QED) is 0.0321. The minimum Gasteiger partial charge on any atom is -0.466 e. The van der Waals surface area contributed by atoms with Gasteiger partial charge in [-0.05, 0) is 57.8 Å². The normalized spacial score (nSPS) is 12.7. The van der Waals surface area contributed by atoms with E-state index < -0.39 is 12.1 Å². The van der Waals surface area contributed by atoms with Gasteiger partial charge in [-0.3, -0.25) is 9.59 Å². The van der Waals surface area contributed by atoms with Gasteiger partial charge in [0.2, 0.25) is 5.91 Å². The molecule has 3 N–H and O–H groups in total. The summed E-state index contributed by atoms with van der Waals surface area (Å²) in [6.45, 7) is 4.91. The molecule has 0 aromatic rings. The number of carbonyl (C=O) groups excluding carboxylic acids is 2. The first-order valence-corrected chi connectivity index (χ1v) is 31.6. The van der Waals surface area contributed by atoms with Gasteiger partial charge in [-0.2, -0.15) is 0 Å². The molecule has 0 spiro atoms. The van der Waals surface area contributed by atoms with Crippen LogP contribution in [0.1, 0.15) is 348 Å². The maximum atomic E-state index is 12.5. The molecule has 1 amide bonds. The lowest BCUT2D eigenvalue weighted by Crippen LogP contribution is -2.45. The van der Waals surface area contributed by atoms with Crippen LogP contribution in [0.3, 0.4) is 0 Å². The maximum absolute atomic E-state index is 12.5. The number of amides is 1. The molecule has 0 aromatic heterocycles. The molecule has 6 nitrogen and oxygen atoms in total. The minimum absolute atomic E-state index is 0.000299. The number of aliphatic hydroxyl groups is 2. The molecular weight excluding hydrogens is 863 g/mol. The Hall–Kier alpha value is -1.66. The molecule has 0 fully saturated rings. The van der Waals surface area contributed by atoms with Crippen LogP contribution in [0.15, 0.2) is 24.3 Å². The highest BCUT2D eigenvalue weighted by Crippen LogP contribution is 2.18. The molecule has 414 valence electrons. The molecule has 6 heteroatoms. The van der Waals surface area contributed by atoms with E-state index in [9.17, 15) is 19.8 Å². The number of rotatable bonds is 59. The summed E-state index contributed by atoms with van der Waals surface area (Å²) in [5, 5.41) is 23.2. The van der Waals surface area contributed by atoms with E-state index in [0.717, 1.165) is 64.2 Å². The molecule has 0 bridgehead atoms. The Morgan fingerprint density at radius 3 is 1.01 bits per heavy atom. The summed E-state index contributed by atoms with van der Waals surface area (Å²) < 4.78 is 5.48. The zero-order valence-electron chi connectivity index (χ0n) is 47.3. The molecule has 2 unspecified atom stereocenters. The average molecular weight is 987 g/mol. The van der Waals surface area contributed by atoms with Crippen LogP contribution in [-0.4, -0.2) is 47.4 Å². The van der Waals surface area contributed by atoms with E-state index in [0.29, 0.717) is 19.4 Å². The lowest BCUT2D eigenvalue weighted by atomic mass is 10.0. The molecule has 0 aliphatic carbocycles. The molecule has 0 saturated heterocycles. The number of aliphatic hydroxyl groups excluding tert-OH is 2. The fourth-order valence-electron chi connectivity index (χ4n) is 9.87. The van der Waals surface area contributed by atoms with Crippen molar-refractivity contribution < 1.29 is 24.5 Å². The Bertz CT molecular complexity index is 1090. The summed E-state index contributed by atoms with van der Waals surface area (Å²) in [4.78, 5) is 24.6. The smallest absolute Gasteiger partial charge is 0.305 e. The predicted molar refractivity (Wildman–Crippen MR) is 306 cm³/mol. The van der Waals surface area contributed by atoms with Gasteiger partial charge in [-0.25, -0.2) is 0 Å². The van der Waals surface area contributed by atoms with Gasteiger partial charge in [0.15, 0.2) is 0 Å². The van der Waals surface area contributed by atoms with E-state index in [1.165, 1.54) is 257 Å². The van der Waals surface area contributed by atoms with Crippen molar-refractivity contribution in [2.45, 2.75) is 360 Å². The van der Waals surface area contributed by atoms with Gasteiger partial charge >= 0.3 is 5.97 Å². The van der Waals surface area contributed by atoms with Crippen LogP contribution >= 0.6 is 0 Å². The van der Waals surface area contributed by atoms with Crippen molar-refractivity contribution in [3.05, 3.63) is 24.3 Å². The fraction of sp³-hybridized carbons (Fsp3) is 0.906. The summed E-state index contributed by atoms with van der Waals surface area (Å²) >= 11 is 0. The first kappa shape index (κ1) is 68.3. The van der Waals surface area contributed by atoms with Crippen LogP contribution in [0, 0.1) is 0 Å². The zero-order chi connectivity index (χ0) is 50.7. The van der Waals surface area contributed by atoms with Gasteiger partial charge in [0.1, 0.15) is 0 Å². The number of esters is 1. The maximum Gasteiger partial charge on any atom is 0.305 e. The molecule has 0 aliphatic rings. The van der Waals surface area contributed by atoms with Crippen molar-refractivity contribution in [3.63, 3.8) is 0 Å². The highest BCUT2D eigenvalue weighted by Gasteiger charge is 2.18. The van der Waals surface area contributed by atoms with E-state index in [2.05, 4.69) is 31.3 Å². The largest absolute Gasteiger partial charge is 0.466 e. The SMILES string of the molecule is CCCCCCCCCCCCCCCCCCCCCC/C=C/C(O)C(CO)NC(=O)CCCCCCC/C=C\CCCCCCCCCOC(=O)CCCCCCCCCCCCCCCCC. The fourth-order valence-corrected chi connectivity index (χ4v) is 9.87. The predicted octanol–water partition coefficient (Wildman–Crippen LogP) is 19.8. The monoisotopic (exact) mass is 986 g/mol. The molecule has 2 atom stereocenters. The summed E-state index contributed by atoms with van der Waals surface area (Å²) in [6, 6.07) is -0.641. The summed E-state index contributed by atoms with van der Waals surface area (Å²) in [7, 11) is 0. The number of allylic oxidation sites excluding steroid dienone is 3. The second-order valence-electron chi connectivity index (χ2n) is 21.7. The Labute approximate surface area is 437 Å². The molecule has 0 rings (SSSR count). The molecule has 0 saturated carbocycles. The van der Waals surface area contributed by atoms with E-state index >= 15 is 0 Å². The van der Waals surface area contributed by atoms with E-state index in [1.54, 1.807) is 6.08 Å². The lowest BCUT2D eigenvalue weighted by molar-refractivity contribution is -0.143. The van der Waals surface area contributed by atoms with Crippen LogP contribution in [0.25, 0.3) is 0 Å². The van der Waals surface area contributed by atoms with Crippen molar-refractivity contribution >= 4 is 11.9 Å². The number of nitrogens with one attached hydrogen (secondary N) is 1. The summed E-state index contributed by atoms with van der Waals surface area (Å²) in [6.07, 6.45) is 73.6. The second kappa shape index (κ2) is 59.9. The van der Waals surface area contributed by atoms with Gasteiger partial charge in [0, 0.05) is 12.8 Å². The number of hydrogen-bond donors (Lipinski definition) is 3. The Balaban J connectivity index is 3.48. The molecule has 0 aliphatic heterocycles. The van der Waals surface area contributed by atoms with E-state index in [4.69, 9.17) is 4.74 Å². The zero-order valence-corrected chi connectivity index (χ0v) is 47.3. The Morgan fingerprint density at radius 1 is 0.386 bits per heavy atom. The van der Waals surface area contributed by atoms with Gasteiger partial charge in [-0.1, -0.05) is 301 Å². The third kappa shape index (κ3) is 55.7. The third-order valence-corrected chi connectivity index (χ3v) is 14.7. The highest BCUT2D eigenvalue weighted by atomic mass is 16.5. The first-order valence-electron chi connectivity index (χ1n) is 31.6. The molecule has 0 aromatic carbocycles. The average Bonchev–Trinajstić information content (AvgIpc) is 3.36. The number of unbranched alkanes of at least 4 members (excludes halogenated alkanes) is 46. The molecule has 0 heterocycles. The minimum atomic E-state index is -0.856. The van der Waals surface area contributed by atoms with Crippen LogP contribution < -0.4 is 5.32 Å². The first-order chi connectivity index (χ1) is 34.5. The van der Waals surface area contributed by atoms with Crippen LogP contribution in [0.2, 0.25) is 0 Å². The van der Waals surface area contributed by atoms with E-state index in [1.807, 2.05) is 6.08 Å². The van der Waals surface area contributed by atoms with E-state index in [-0.39, 0.29) is 18.5 Å². The lowest BCUT2D eigenvalue weighted by Gasteiger charge is -2.20. The van der Waals surface area contributed by atoms with Crippen molar-refractivity contribution in [1.82, 2.24) is 5.32 Å². The van der Waals surface area contributed by atoms with Gasteiger partial charge in [0.05, 0.1) is 25.4 Å². The molecule has 0 radical (unpaired) electrons. The number of carbonyl (C=O) groups is 2. The standard InChI is InChI=1S/C64H123NO5/c1-3-5-7-9-11-13-15-17-19-20-21-22-23-24-25-29-32-36-40-44-48-52-56-62(67)61(60-66)65-63(68)57-53-49-45-41-37-33-30-26-27-31-35-39-43-47-51-55-59-70-64(69)58-54-50-46-42-38-34-28-18-16-14-12-10-8-6-4-2/h26,30,52,56,61-62,66-67H,3-25,27-29,31-51,53-55,57-60H2,1-2H3,(H,65,68)/b30-26-,56-52+. The number of ether oxygens (including phenoxy) is 1. The molecule has 70 heavy (non-hydrogen) atoms. The van der Waals surface area contributed by atoms with Crippen LogP contribution in [0.4, 0.5) is 0 Å². The number of hydrogen-bond acceptors (Lipinski definition) is 5. The molecular formula is C64H123NO5. The van der Waals surface area contributed by atoms with Crippen molar-refractivity contribution in [3.8, 4) is 0 Å².